The van der Waals surface area contributed by atoms with E-state index in [1.807, 2.05) is 28.8 Å². The summed E-state index contributed by atoms with van der Waals surface area (Å²) in [6, 6.07) is 7.50. The lowest BCUT2D eigenvalue weighted by molar-refractivity contribution is 0.0519. The molecule has 21 heavy (non-hydrogen) atoms. The highest BCUT2D eigenvalue weighted by atomic mass is 16.5. The van der Waals surface area contributed by atoms with Gasteiger partial charge in [0.2, 0.25) is 0 Å². The van der Waals surface area contributed by atoms with Crippen molar-refractivity contribution in [3.8, 4) is 11.5 Å². The predicted octanol–water partition coefficient (Wildman–Crippen LogP) is 2.07. The van der Waals surface area contributed by atoms with Crippen LogP contribution in [0.1, 0.15) is 23.5 Å². The van der Waals surface area contributed by atoms with E-state index in [9.17, 15) is 4.79 Å². The second kappa shape index (κ2) is 5.87. The van der Waals surface area contributed by atoms with Gasteiger partial charge in [-0.3, -0.25) is 0 Å². The fourth-order valence-electron chi connectivity index (χ4n) is 2.13. The first-order valence-corrected chi connectivity index (χ1v) is 6.83. The van der Waals surface area contributed by atoms with E-state index < -0.39 is 5.97 Å². The fourth-order valence-corrected chi connectivity index (χ4v) is 2.13. The van der Waals surface area contributed by atoms with Gasteiger partial charge < -0.3 is 18.8 Å². The highest BCUT2D eigenvalue weighted by molar-refractivity contribution is 5.86. The van der Waals surface area contributed by atoms with Crippen molar-refractivity contribution >= 4 is 5.97 Å². The Kier molecular flexibility index (Phi) is 3.77. The van der Waals surface area contributed by atoms with Crippen LogP contribution in [0.2, 0.25) is 0 Å². The van der Waals surface area contributed by atoms with Crippen molar-refractivity contribution in [2.45, 2.75) is 13.0 Å². The smallest absolute Gasteiger partial charge is 0.358 e. The van der Waals surface area contributed by atoms with Crippen LogP contribution in [0, 0.1) is 0 Å². The Morgan fingerprint density at radius 3 is 2.62 bits per heavy atom. The number of carbonyl (C=O) groups excluding carboxylic acids is 1. The molecule has 0 aliphatic carbocycles. The second-order valence-corrected chi connectivity index (χ2v) is 4.65. The molecule has 0 atom stereocenters. The average molecular weight is 288 g/mol. The average Bonchev–Trinajstić information content (AvgIpc) is 2.89. The molecule has 0 N–H and O–H groups in total. The third kappa shape index (κ3) is 2.84. The molecule has 6 nitrogen and oxygen atoms in total. The van der Waals surface area contributed by atoms with E-state index in [1.165, 1.54) is 0 Å². The minimum atomic E-state index is -0.421. The van der Waals surface area contributed by atoms with Crippen molar-refractivity contribution in [3.63, 3.8) is 0 Å². The van der Waals surface area contributed by atoms with E-state index in [-0.39, 0.29) is 6.04 Å². The number of benzene rings is 1. The first kappa shape index (κ1) is 13.5. The van der Waals surface area contributed by atoms with Gasteiger partial charge in [-0.25, -0.2) is 9.78 Å². The third-order valence-electron chi connectivity index (χ3n) is 3.22. The molecule has 0 radical (unpaired) electrons. The summed E-state index contributed by atoms with van der Waals surface area (Å²) in [6.07, 6.45) is 3.25. The maximum Gasteiger partial charge on any atom is 0.358 e. The summed E-state index contributed by atoms with van der Waals surface area (Å²) >= 11 is 0. The number of hydrogen-bond acceptors (Lipinski definition) is 5. The lowest BCUT2D eigenvalue weighted by atomic mass is 10.3. The number of hydrogen-bond donors (Lipinski definition) is 0. The molecule has 1 aromatic heterocycles. The predicted molar refractivity (Wildman–Crippen MR) is 74.7 cm³/mol. The van der Waals surface area contributed by atoms with Crippen molar-refractivity contribution in [2.24, 2.45) is 0 Å². The molecule has 3 rings (SSSR count). The lowest BCUT2D eigenvalue weighted by Crippen LogP contribution is -2.20. The van der Waals surface area contributed by atoms with Gasteiger partial charge in [0.05, 0.1) is 12.9 Å². The summed E-state index contributed by atoms with van der Waals surface area (Å²) in [6.45, 7) is 3.00. The van der Waals surface area contributed by atoms with Gasteiger partial charge in [-0.15, -0.1) is 0 Å². The number of rotatable bonds is 3. The van der Waals surface area contributed by atoms with Crippen LogP contribution in [-0.2, 0) is 4.74 Å². The number of imidazole rings is 1. The summed E-state index contributed by atoms with van der Waals surface area (Å²) in [5.74, 6) is 1.03. The van der Waals surface area contributed by atoms with Gasteiger partial charge in [0.1, 0.15) is 19.3 Å². The Labute approximate surface area is 122 Å². The highest BCUT2D eigenvalue weighted by Crippen LogP contribution is 2.30. The number of esters is 1. The van der Waals surface area contributed by atoms with Crippen molar-refractivity contribution in [2.75, 3.05) is 19.8 Å². The van der Waals surface area contributed by atoms with Crippen LogP contribution in [0.3, 0.4) is 0 Å². The summed E-state index contributed by atoms with van der Waals surface area (Å²) in [5, 5.41) is 0. The van der Waals surface area contributed by atoms with Crippen LogP contribution in [0.4, 0.5) is 0 Å². The summed E-state index contributed by atoms with van der Waals surface area (Å²) < 4.78 is 18.2. The molecule has 1 aliphatic rings. The van der Waals surface area contributed by atoms with Crippen LogP contribution in [0.25, 0.3) is 0 Å². The van der Waals surface area contributed by atoms with Crippen molar-refractivity contribution in [1.82, 2.24) is 9.55 Å². The standard InChI is InChI=1S/C15H16N2O4/c1-2-19-15(18)12-7-17(10-16-12)11-8-20-13-5-3-4-6-14(13)21-9-11/h3-7,10-11H,2,8-9H2,1H3. The van der Waals surface area contributed by atoms with Gasteiger partial charge in [-0.1, -0.05) is 12.1 Å². The molecule has 110 valence electrons. The van der Waals surface area contributed by atoms with E-state index in [1.54, 1.807) is 19.4 Å². The molecular formula is C15H16N2O4. The number of fused-ring (bicyclic) bond motifs is 1. The zero-order chi connectivity index (χ0) is 14.7. The molecule has 0 unspecified atom stereocenters. The minimum absolute atomic E-state index is 0.0481. The van der Waals surface area contributed by atoms with Crippen LogP contribution < -0.4 is 9.47 Å². The van der Waals surface area contributed by atoms with E-state index in [4.69, 9.17) is 14.2 Å². The quantitative estimate of drug-likeness (QED) is 0.809. The van der Waals surface area contributed by atoms with Gasteiger partial charge >= 0.3 is 5.97 Å². The molecule has 0 amide bonds. The molecule has 0 spiro atoms. The van der Waals surface area contributed by atoms with Crippen LogP contribution in [-0.4, -0.2) is 35.3 Å². The first-order valence-electron chi connectivity index (χ1n) is 6.83. The fraction of sp³-hybridized carbons (Fsp3) is 0.333. The zero-order valence-corrected chi connectivity index (χ0v) is 11.7. The van der Waals surface area contributed by atoms with Gasteiger partial charge in [0, 0.05) is 6.20 Å². The largest absolute Gasteiger partial charge is 0.487 e. The molecule has 2 heterocycles. The molecule has 6 heteroatoms. The normalized spacial score (nSPS) is 14.5. The summed E-state index contributed by atoms with van der Waals surface area (Å²) in [7, 11) is 0. The Morgan fingerprint density at radius 2 is 2.00 bits per heavy atom. The van der Waals surface area contributed by atoms with E-state index >= 15 is 0 Å². The molecule has 2 aromatic rings. The number of para-hydroxylation sites is 2. The molecular weight excluding hydrogens is 272 g/mol. The first-order chi connectivity index (χ1) is 10.3. The monoisotopic (exact) mass is 288 g/mol. The Morgan fingerprint density at radius 1 is 1.33 bits per heavy atom. The van der Waals surface area contributed by atoms with Crippen LogP contribution in [0.15, 0.2) is 36.8 Å². The van der Waals surface area contributed by atoms with Crippen molar-refractivity contribution in [3.05, 3.63) is 42.5 Å². The van der Waals surface area contributed by atoms with Gasteiger partial charge in [-0.05, 0) is 19.1 Å². The Balaban J connectivity index is 1.73. The number of carbonyl (C=O) groups is 1. The number of ether oxygens (including phenoxy) is 3. The van der Waals surface area contributed by atoms with Crippen molar-refractivity contribution in [1.29, 1.82) is 0 Å². The number of nitrogens with zero attached hydrogens (tertiary/aromatic N) is 2. The maximum atomic E-state index is 11.6. The van der Waals surface area contributed by atoms with Crippen LogP contribution >= 0.6 is 0 Å². The Hall–Kier alpha value is -2.50. The lowest BCUT2D eigenvalue weighted by Gasteiger charge is -2.14. The highest BCUT2D eigenvalue weighted by Gasteiger charge is 2.21. The van der Waals surface area contributed by atoms with E-state index in [0.717, 1.165) is 11.5 Å². The third-order valence-corrected chi connectivity index (χ3v) is 3.22. The van der Waals surface area contributed by atoms with Gasteiger partial charge in [-0.2, -0.15) is 0 Å². The molecule has 1 aromatic carbocycles. The van der Waals surface area contributed by atoms with E-state index in [2.05, 4.69) is 4.98 Å². The van der Waals surface area contributed by atoms with Crippen LogP contribution in [0.5, 0.6) is 11.5 Å². The van der Waals surface area contributed by atoms with Gasteiger partial charge in [0.15, 0.2) is 17.2 Å². The number of aromatic nitrogens is 2. The minimum Gasteiger partial charge on any atom is -0.487 e. The van der Waals surface area contributed by atoms with E-state index in [0.29, 0.717) is 25.5 Å². The summed E-state index contributed by atoms with van der Waals surface area (Å²) in [5.41, 5.74) is 0.290. The molecule has 1 aliphatic heterocycles. The summed E-state index contributed by atoms with van der Waals surface area (Å²) in [4.78, 5) is 15.7. The molecule has 0 fully saturated rings. The molecule has 0 saturated heterocycles. The maximum absolute atomic E-state index is 11.6. The Bertz CT molecular complexity index is 611. The topological polar surface area (TPSA) is 62.6 Å². The van der Waals surface area contributed by atoms with Crippen molar-refractivity contribution < 1.29 is 19.0 Å². The molecule has 0 saturated carbocycles. The molecule has 0 bridgehead atoms. The SMILES string of the molecule is CCOC(=O)c1cn(C2COc3ccccc3OC2)cn1. The second-order valence-electron chi connectivity index (χ2n) is 4.65. The zero-order valence-electron chi connectivity index (χ0n) is 11.7. The van der Waals surface area contributed by atoms with Gasteiger partial charge in [0.25, 0.3) is 0 Å².